The largest absolute Gasteiger partial charge is 0.494 e. The molecule has 0 atom stereocenters. The highest BCUT2D eigenvalue weighted by Gasteiger charge is 2.20. The van der Waals surface area contributed by atoms with Crippen LogP contribution in [0.1, 0.15) is 34.4 Å². The summed E-state index contributed by atoms with van der Waals surface area (Å²) in [5.74, 6) is 1.63. The Balaban J connectivity index is 1.51. The first-order chi connectivity index (χ1) is 15.5. The molecule has 164 valence electrons. The van der Waals surface area contributed by atoms with E-state index in [0.29, 0.717) is 29.6 Å². The second kappa shape index (κ2) is 8.93. The van der Waals surface area contributed by atoms with Crippen LogP contribution >= 0.6 is 0 Å². The first kappa shape index (κ1) is 21.1. The highest BCUT2D eigenvalue weighted by atomic mass is 16.5. The molecule has 0 aliphatic rings. The van der Waals surface area contributed by atoms with Crippen molar-refractivity contribution in [2.45, 2.75) is 27.3 Å². The maximum atomic E-state index is 12.6. The number of oxazole rings is 1. The number of carbonyl (C=O) groups is 1. The standard InChI is InChI=1S/C23H24N6O3/c1-4-31-17-11-9-16(10-12-17)23-26-19(15(3)32-23)13-29-21(24)20(27-28-29)22(30)25-18-8-6-5-7-14(18)2/h5-12H,4,13,24H2,1-3H3,(H,25,30). The number of benzene rings is 2. The lowest BCUT2D eigenvalue weighted by atomic mass is 10.2. The minimum Gasteiger partial charge on any atom is -0.494 e. The Morgan fingerprint density at radius 1 is 1.16 bits per heavy atom. The smallest absolute Gasteiger partial charge is 0.280 e. The molecule has 2 aromatic heterocycles. The highest BCUT2D eigenvalue weighted by Crippen LogP contribution is 2.25. The van der Waals surface area contributed by atoms with E-state index in [1.807, 2.05) is 69.3 Å². The van der Waals surface area contributed by atoms with Crippen LogP contribution in [0.4, 0.5) is 11.5 Å². The molecule has 32 heavy (non-hydrogen) atoms. The SMILES string of the molecule is CCOc1ccc(-c2nc(Cn3nnc(C(=O)Nc4ccccc4C)c3N)c(C)o2)cc1. The number of nitrogen functional groups attached to an aromatic ring is 1. The monoisotopic (exact) mass is 432 g/mol. The molecule has 9 heteroatoms. The summed E-state index contributed by atoms with van der Waals surface area (Å²) in [6, 6.07) is 15.0. The van der Waals surface area contributed by atoms with Crippen molar-refractivity contribution in [1.29, 1.82) is 0 Å². The number of amides is 1. The third kappa shape index (κ3) is 4.31. The summed E-state index contributed by atoms with van der Waals surface area (Å²) in [7, 11) is 0. The first-order valence-corrected chi connectivity index (χ1v) is 10.2. The maximum Gasteiger partial charge on any atom is 0.280 e. The zero-order chi connectivity index (χ0) is 22.7. The lowest BCUT2D eigenvalue weighted by Crippen LogP contribution is -2.16. The molecule has 0 saturated heterocycles. The molecule has 0 fully saturated rings. The molecule has 9 nitrogen and oxygen atoms in total. The number of nitrogens with one attached hydrogen (secondary N) is 1. The Labute approximate surface area is 185 Å². The van der Waals surface area contributed by atoms with Gasteiger partial charge >= 0.3 is 0 Å². The highest BCUT2D eigenvalue weighted by molar-refractivity contribution is 6.06. The fourth-order valence-electron chi connectivity index (χ4n) is 3.19. The third-order valence-corrected chi connectivity index (χ3v) is 4.99. The number of para-hydroxylation sites is 1. The Hall–Kier alpha value is -4.14. The molecule has 0 aliphatic carbocycles. The molecule has 1 amide bonds. The summed E-state index contributed by atoms with van der Waals surface area (Å²) in [5.41, 5.74) is 9.32. The number of carbonyl (C=O) groups excluding carboxylic acids is 1. The van der Waals surface area contributed by atoms with Crippen molar-refractivity contribution in [3.8, 4) is 17.2 Å². The fourth-order valence-corrected chi connectivity index (χ4v) is 3.19. The van der Waals surface area contributed by atoms with Gasteiger partial charge in [0.05, 0.1) is 13.2 Å². The molecule has 0 bridgehead atoms. The average Bonchev–Trinajstić information content (AvgIpc) is 3.33. The predicted octanol–water partition coefficient (Wildman–Crippen LogP) is 3.83. The number of hydrogen-bond acceptors (Lipinski definition) is 7. The number of anilines is 2. The number of nitrogens with two attached hydrogens (primary N) is 1. The molecule has 4 aromatic rings. The second-order valence-electron chi connectivity index (χ2n) is 7.23. The molecule has 0 aliphatic heterocycles. The Morgan fingerprint density at radius 3 is 2.62 bits per heavy atom. The van der Waals surface area contributed by atoms with E-state index in [0.717, 1.165) is 16.9 Å². The fraction of sp³-hybridized carbons (Fsp3) is 0.217. The number of aromatic nitrogens is 4. The van der Waals surface area contributed by atoms with Crippen molar-refractivity contribution in [3.05, 3.63) is 71.2 Å². The van der Waals surface area contributed by atoms with E-state index in [1.165, 1.54) is 4.68 Å². The molecule has 4 rings (SSSR count). The van der Waals surface area contributed by atoms with Gasteiger partial charge in [0.2, 0.25) is 5.89 Å². The summed E-state index contributed by atoms with van der Waals surface area (Å²) in [4.78, 5) is 17.2. The van der Waals surface area contributed by atoms with Crippen LogP contribution in [0.3, 0.4) is 0 Å². The first-order valence-electron chi connectivity index (χ1n) is 10.2. The second-order valence-corrected chi connectivity index (χ2v) is 7.23. The van der Waals surface area contributed by atoms with E-state index in [2.05, 4.69) is 20.6 Å². The number of hydrogen-bond donors (Lipinski definition) is 2. The van der Waals surface area contributed by atoms with Gasteiger partial charge in [0.15, 0.2) is 11.5 Å². The van der Waals surface area contributed by atoms with E-state index in [1.54, 1.807) is 0 Å². The zero-order valence-electron chi connectivity index (χ0n) is 18.1. The molecule has 0 spiro atoms. The molecule has 0 radical (unpaired) electrons. The summed E-state index contributed by atoms with van der Waals surface area (Å²) < 4.78 is 12.7. The average molecular weight is 432 g/mol. The Morgan fingerprint density at radius 2 is 1.91 bits per heavy atom. The molecule has 0 unspecified atom stereocenters. The van der Waals surface area contributed by atoms with Crippen molar-refractivity contribution in [3.63, 3.8) is 0 Å². The molecular formula is C23H24N6O3. The van der Waals surface area contributed by atoms with Crippen LogP contribution in [-0.4, -0.2) is 32.5 Å². The van der Waals surface area contributed by atoms with Crippen LogP contribution in [-0.2, 0) is 6.54 Å². The third-order valence-electron chi connectivity index (χ3n) is 4.99. The van der Waals surface area contributed by atoms with Crippen LogP contribution in [0.2, 0.25) is 0 Å². The van der Waals surface area contributed by atoms with Crippen molar-refractivity contribution in [2.24, 2.45) is 0 Å². The minimum absolute atomic E-state index is 0.0566. The van der Waals surface area contributed by atoms with E-state index < -0.39 is 5.91 Å². The minimum atomic E-state index is -0.421. The quantitative estimate of drug-likeness (QED) is 0.455. The number of rotatable bonds is 7. The summed E-state index contributed by atoms with van der Waals surface area (Å²) in [5, 5.41) is 10.8. The summed E-state index contributed by atoms with van der Waals surface area (Å²) in [6.45, 7) is 6.49. The number of ether oxygens (including phenoxy) is 1. The van der Waals surface area contributed by atoms with Gasteiger partial charge in [-0.15, -0.1) is 5.10 Å². The van der Waals surface area contributed by atoms with Crippen molar-refractivity contribution >= 4 is 17.4 Å². The lowest BCUT2D eigenvalue weighted by molar-refractivity contribution is 0.102. The summed E-state index contributed by atoms with van der Waals surface area (Å²) in [6.07, 6.45) is 0. The van der Waals surface area contributed by atoms with Gasteiger partial charge in [0, 0.05) is 11.3 Å². The lowest BCUT2D eigenvalue weighted by Gasteiger charge is -2.07. The molecule has 2 aromatic carbocycles. The van der Waals surface area contributed by atoms with Gasteiger partial charge in [-0.05, 0) is 56.7 Å². The zero-order valence-corrected chi connectivity index (χ0v) is 18.1. The predicted molar refractivity (Wildman–Crippen MR) is 121 cm³/mol. The van der Waals surface area contributed by atoms with E-state index in [4.69, 9.17) is 14.9 Å². The van der Waals surface area contributed by atoms with Crippen LogP contribution < -0.4 is 15.8 Å². The van der Waals surface area contributed by atoms with Gasteiger partial charge in [-0.2, -0.15) is 0 Å². The van der Waals surface area contributed by atoms with E-state index >= 15 is 0 Å². The van der Waals surface area contributed by atoms with Crippen LogP contribution in [0.15, 0.2) is 52.9 Å². The van der Waals surface area contributed by atoms with Crippen LogP contribution in [0, 0.1) is 13.8 Å². The molecular weight excluding hydrogens is 408 g/mol. The van der Waals surface area contributed by atoms with Gasteiger partial charge in [-0.25, -0.2) is 9.67 Å². The molecule has 2 heterocycles. The van der Waals surface area contributed by atoms with Crippen molar-refractivity contribution in [2.75, 3.05) is 17.7 Å². The van der Waals surface area contributed by atoms with E-state index in [9.17, 15) is 4.79 Å². The van der Waals surface area contributed by atoms with E-state index in [-0.39, 0.29) is 18.1 Å². The van der Waals surface area contributed by atoms with Gasteiger partial charge in [-0.3, -0.25) is 4.79 Å². The van der Waals surface area contributed by atoms with Crippen LogP contribution in [0.25, 0.3) is 11.5 Å². The normalized spacial score (nSPS) is 10.8. The number of nitrogens with zero attached hydrogens (tertiary/aromatic N) is 4. The topological polar surface area (TPSA) is 121 Å². The Kier molecular flexibility index (Phi) is 5.89. The maximum absolute atomic E-state index is 12.6. The summed E-state index contributed by atoms with van der Waals surface area (Å²) >= 11 is 0. The van der Waals surface area contributed by atoms with Crippen LogP contribution in [0.5, 0.6) is 5.75 Å². The molecule has 0 saturated carbocycles. The van der Waals surface area contributed by atoms with Crippen molar-refractivity contribution in [1.82, 2.24) is 20.0 Å². The van der Waals surface area contributed by atoms with Gasteiger partial charge in [0.1, 0.15) is 17.2 Å². The molecule has 3 N–H and O–H groups in total. The Bertz CT molecular complexity index is 1240. The van der Waals surface area contributed by atoms with Gasteiger partial charge < -0.3 is 20.2 Å². The van der Waals surface area contributed by atoms with Gasteiger partial charge in [0.25, 0.3) is 5.91 Å². The number of aryl methyl sites for hydroxylation is 2. The van der Waals surface area contributed by atoms with Crippen molar-refractivity contribution < 1.29 is 13.9 Å². The van der Waals surface area contributed by atoms with Gasteiger partial charge in [-0.1, -0.05) is 23.4 Å².